The highest BCUT2D eigenvalue weighted by atomic mass is 79.9. The Morgan fingerprint density at radius 3 is 2.29 bits per heavy atom. The molecule has 6 heteroatoms. The largest absolute Gasteiger partial charge is 0.481 e. The van der Waals surface area contributed by atoms with Crippen molar-refractivity contribution in [3.8, 4) is 5.75 Å². The smallest absolute Gasteiger partial charge is 0.258 e. The van der Waals surface area contributed by atoms with Crippen molar-refractivity contribution in [2.45, 2.75) is 19.9 Å². The maximum absolute atomic E-state index is 11.4. The summed E-state index contributed by atoms with van der Waals surface area (Å²) in [6.07, 6.45) is 0. The van der Waals surface area contributed by atoms with Crippen molar-refractivity contribution in [3.05, 3.63) is 25.6 Å². The topological polar surface area (TPSA) is 38.3 Å². The van der Waals surface area contributed by atoms with Crippen LogP contribution in [-0.4, -0.2) is 18.6 Å². The molecule has 0 spiro atoms. The van der Waals surface area contributed by atoms with Crippen LogP contribution in [-0.2, 0) is 4.79 Å². The van der Waals surface area contributed by atoms with Gasteiger partial charge in [0, 0.05) is 10.5 Å². The third-order valence-corrected chi connectivity index (χ3v) is 3.40. The maximum atomic E-state index is 11.4. The van der Waals surface area contributed by atoms with E-state index in [1.165, 1.54) is 0 Å². The van der Waals surface area contributed by atoms with Crippen LogP contribution in [0.15, 0.2) is 25.6 Å². The van der Waals surface area contributed by atoms with Gasteiger partial charge in [-0.15, -0.1) is 0 Å². The first kappa shape index (κ1) is 15.0. The number of carbonyl (C=O) groups is 1. The molecule has 0 aliphatic rings. The second-order valence-electron chi connectivity index (χ2n) is 3.71. The second-order valence-corrected chi connectivity index (χ2v) is 6.33. The lowest BCUT2D eigenvalue weighted by atomic mass is 10.3. The molecule has 0 aliphatic carbocycles. The summed E-state index contributed by atoms with van der Waals surface area (Å²) in [4.78, 5) is 11.4. The molecular formula is C11H12Br3NO2. The van der Waals surface area contributed by atoms with Crippen molar-refractivity contribution in [1.29, 1.82) is 0 Å². The number of hydrogen-bond acceptors (Lipinski definition) is 2. The van der Waals surface area contributed by atoms with Gasteiger partial charge in [0.2, 0.25) is 0 Å². The number of halogens is 3. The molecule has 1 amide bonds. The van der Waals surface area contributed by atoms with Crippen LogP contribution >= 0.6 is 47.8 Å². The Balaban J connectivity index is 2.67. The van der Waals surface area contributed by atoms with Crippen LogP contribution in [0.2, 0.25) is 0 Å². The summed E-state index contributed by atoms with van der Waals surface area (Å²) >= 11 is 10.1. The first-order valence-electron chi connectivity index (χ1n) is 4.97. The Bertz CT molecular complexity index is 398. The van der Waals surface area contributed by atoms with E-state index >= 15 is 0 Å². The van der Waals surface area contributed by atoms with Gasteiger partial charge in [-0.3, -0.25) is 4.79 Å². The number of nitrogens with one attached hydrogen (secondary N) is 1. The van der Waals surface area contributed by atoms with E-state index in [0.29, 0.717) is 5.75 Å². The van der Waals surface area contributed by atoms with E-state index in [9.17, 15) is 4.79 Å². The Labute approximate surface area is 126 Å². The lowest BCUT2D eigenvalue weighted by Crippen LogP contribution is -2.34. The zero-order valence-electron chi connectivity index (χ0n) is 9.39. The third kappa shape index (κ3) is 4.97. The van der Waals surface area contributed by atoms with Crippen molar-refractivity contribution >= 4 is 53.7 Å². The molecule has 17 heavy (non-hydrogen) atoms. The number of amides is 1. The van der Waals surface area contributed by atoms with Gasteiger partial charge >= 0.3 is 0 Å². The number of carbonyl (C=O) groups excluding carboxylic acids is 1. The molecule has 0 heterocycles. The van der Waals surface area contributed by atoms with Gasteiger partial charge in [0.05, 0.1) is 8.95 Å². The highest BCUT2D eigenvalue weighted by Gasteiger charge is 2.10. The standard InChI is InChI=1S/C11H12Br3NO2/c1-6(2)15-10(16)5-17-11-8(13)3-7(12)4-9(11)14/h3-4,6H,5H2,1-2H3,(H,15,16). The normalized spacial score (nSPS) is 10.5. The number of hydrogen-bond donors (Lipinski definition) is 1. The molecule has 1 N–H and O–H groups in total. The Hall–Kier alpha value is -0.0700. The van der Waals surface area contributed by atoms with Gasteiger partial charge in [-0.2, -0.15) is 0 Å². The Morgan fingerprint density at radius 1 is 1.29 bits per heavy atom. The summed E-state index contributed by atoms with van der Waals surface area (Å²) in [5.74, 6) is 0.480. The fourth-order valence-corrected chi connectivity index (χ4v) is 3.66. The summed E-state index contributed by atoms with van der Waals surface area (Å²) in [6.45, 7) is 3.81. The van der Waals surface area contributed by atoms with Crippen molar-refractivity contribution < 1.29 is 9.53 Å². The molecule has 0 aliphatic heterocycles. The predicted octanol–water partition coefficient (Wildman–Crippen LogP) is 3.88. The monoisotopic (exact) mass is 427 g/mol. The van der Waals surface area contributed by atoms with Gasteiger partial charge < -0.3 is 10.1 Å². The molecule has 3 nitrogen and oxygen atoms in total. The number of ether oxygens (including phenoxy) is 1. The molecule has 0 saturated heterocycles. The SMILES string of the molecule is CC(C)NC(=O)COc1c(Br)cc(Br)cc1Br. The highest BCUT2D eigenvalue weighted by molar-refractivity contribution is 9.11. The van der Waals surface area contributed by atoms with E-state index in [2.05, 4.69) is 53.1 Å². The molecule has 0 bridgehead atoms. The van der Waals surface area contributed by atoms with Crippen molar-refractivity contribution in [3.63, 3.8) is 0 Å². The maximum Gasteiger partial charge on any atom is 0.258 e. The molecule has 1 aromatic rings. The first-order chi connectivity index (χ1) is 7.90. The zero-order valence-corrected chi connectivity index (χ0v) is 14.1. The number of rotatable bonds is 4. The highest BCUT2D eigenvalue weighted by Crippen LogP contribution is 2.36. The van der Waals surface area contributed by atoms with Crippen molar-refractivity contribution in [2.24, 2.45) is 0 Å². The summed E-state index contributed by atoms with van der Waals surface area (Å²) < 4.78 is 7.96. The lowest BCUT2D eigenvalue weighted by molar-refractivity contribution is -0.123. The Morgan fingerprint density at radius 2 is 1.82 bits per heavy atom. The Kier molecular flexibility index (Phi) is 5.95. The van der Waals surface area contributed by atoms with Gasteiger partial charge in [0.15, 0.2) is 6.61 Å². The van der Waals surface area contributed by atoms with Crippen LogP contribution < -0.4 is 10.1 Å². The van der Waals surface area contributed by atoms with Crippen LogP contribution in [0.1, 0.15) is 13.8 Å². The van der Waals surface area contributed by atoms with Gasteiger partial charge in [0.1, 0.15) is 5.75 Å². The minimum Gasteiger partial charge on any atom is -0.481 e. The van der Waals surface area contributed by atoms with Gasteiger partial charge in [-0.25, -0.2) is 0 Å². The van der Waals surface area contributed by atoms with Crippen LogP contribution in [0.25, 0.3) is 0 Å². The van der Waals surface area contributed by atoms with Gasteiger partial charge in [-0.05, 0) is 57.8 Å². The van der Waals surface area contributed by atoms with Crippen LogP contribution in [0, 0.1) is 0 Å². The third-order valence-electron chi connectivity index (χ3n) is 1.76. The average Bonchev–Trinajstić information content (AvgIpc) is 2.14. The molecule has 94 valence electrons. The molecule has 0 saturated carbocycles. The average molecular weight is 430 g/mol. The molecule has 0 atom stereocenters. The molecular weight excluding hydrogens is 418 g/mol. The quantitative estimate of drug-likeness (QED) is 0.788. The van der Waals surface area contributed by atoms with E-state index in [1.54, 1.807) is 0 Å². The summed E-state index contributed by atoms with van der Waals surface area (Å²) in [7, 11) is 0. The van der Waals surface area contributed by atoms with Crippen LogP contribution in [0.3, 0.4) is 0 Å². The lowest BCUT2D eigenvalue weighted by Gasteiger charge is -2.12. The van der Waals surface area contributed by atoms with E-state index in [4.69, 9.17) is 4.74 Å². The molecule has 1 aromatic carbocycles. The molecule has 0 fully saturated rings. The van der Waals surface area contributed by atoms with Gasteiger partial charge in [0.25, 0.3) is 5.91 Å². The van der Waals surface area contributed by atoms with Crippen molar-refractivity contribution in [1.82, 2.24) is 5.32 Å². The van der Waals surface area contributed by atoms with Gasteiger partial charge in [-0.1, -0.05) is 15.9 Å². The van der Waals surface area contributed by atoms with Crippen molar-refractivity contribution in [2.75, 3.05) is 6.61 Å². The summed E-state index contributed by atoms with van der Waals surface area (Å²) in [5.41, 5.74) is 0. The number of benzene rings is 1. The minimum atomic E-state index is -0.137. The fourth-order valence-electron chi connectivity index (χ4n) is 1.17. The zero-order chi connectivity index (χ0) is 13.0. The van der Waals surface area contributed by atoms with E-state index in [-0.39, 0.29) is 18.6 Å². The summed E-state index contributed by atoms with van der Waals surface area (Å²) in [5, 5.41) is 2.76. The second kappa shape index (κ2) is 6.75. The fraction of sp³-hybridized carbons (Fsp3) is 0.364. The predicted molar refractivity (Wildman–Crippen MR) is 78.3 cm³/mol. The van der Waals surface area contributed by atoms with E-state index in [1.807, 2.05) is 26.0 Å². The molecule has 0 radical (unpaired) electrons. The minimum absolute atomic E-state index is 0.00296. The van der Waals surface area contributed by atoms with E-state index in [0.717, 1.165) is 13.4 Å². The molecule has 1 rings (SSSR count). The van der Waals surface area contributed by atoms with Crippen LogP contribution in [0.4, 0.5) is 0 Å². The summed E-state index contributed by atoms with van der Waals surface area (Å²) in [6, 6.07) is 3.84. The molecule has 0 unspecified atom stereocenters. The van der Waals surface area contributed by atoms with E-state index < -0.39 is 0 Å². The first-order valence-corrected chi connectivity index (χ1v) is 7.34. The van der Waals surface area contributed by atoms with Crippen LogP contribution in [0.5, 0.6) is 5.75 Å². The molecule has 0 aromatic heterocycles.